The normalized spacial score (nSPS) is 16.7. The van der Waals surface area contributed by atoms with Crippen molar-refractivity contribution in [1.29, 1.82) is 0 Å². The number of fused-ring (bicyclic) bond motifs is 1. The Balaban J connectivity index is 1.92. The van der Waals surface area contributed by atoms with E-state index in [1.54, 1.807) is 0 Å². The molecule has 0 spiro atoms. The van der Waals surface area contributed by atoms with Crippen LogP contribution < -0.4 is 9.80 Å². The van der Waals surface area contributed by atoms with Crippen LogP contribution in [0.15, 0.2) is 48.5 Å². The van der Waals surface area contributed by atoms with Crippen molar-refractivity contribution in [1.82, 2.24) is 0 Å². The van der Waals surface area contributed by atoms with E-state index in [1.165, 1.54) is 5.56 Å². The fourth-order valence-electron chi connectivity index (χ4n) is 2.92. The monoisotopic (exact) mass is 280 g/mol. The van der Waals surface area contributed by atoms with Gasteiger partial charge in [0.1, 0.15) is 0 Å². The number of anilines is 2. The van der Waals surface area contributed by atoms with E-state index in [0.29, 0.717) is 0 Å². The highest BCUT2D eigenvalue weighted by molar-refractivity contribution is 6.07. The molecule has 2 aromatic carbocycles. The summed E-state index contributed by atoms with van der Waals surface area (Å²) < 4.78 is 0. The lowest BCUT2D eigenvalue weighted by Gasteiger charge is -2.23. The van der Waals surface area contributed by atoms with E-state index in [2.05, 4.69) is 13.0 Å². The Bertz CT molecular complexity index is 661. The van der Waals surface area contributed by atoms with Crippen molar-refractivity contribution < 1.29 is 4.79 Å². The maximum atomic E-state index is 12.8. The first-order valence-electron chi connectivity index (χ1n) is 7.27. The van der Waals surface area contributed by atoms with Crippen molar-refractivity contribution in [2.45, 2.75) is 19.4 Å². The number of carbonyl (C=O) groups excluding carboxylic acids is 1. The van der Waals surface area contributed by atoms with Gasteiger partial charge in [-0.2, -0.15) is 0 Å². The van der Waals surface area contributed by atoms with Gasteiger partial charge in [0.05, 0.1) is 0 Å². The minimum atomic E-state index is 0.0813. The van der Waals surface area contributed by atoms with E-state index in [4.69, 9.17) is 0 Å². The summed E-state index contributed by atoms with van der Waals surface area (Å²) in [5, 5.41) is 0. The highest BCUT2D eigenvalue weighted by atomic mass is 16.2. The molecular formula is C18H20N2O. The Morgan fingerprint density at radius 3 is 2.43 bits per heavy atom. The summed E-state index contributed by atoms with van der Waals surface area (Å²) in [6.07, 6.45) is 0.928. The summed E-state index contributed by atoms with van der Waals surface area (Å²) in [5.74, 6) is 0.0813. The zero-order valence-electron chi connectivity index (χ0n) is 12.7. The number of hydrogen-bond donors (Lipinski definition) is 0. The molecule has 0 radical (unpaired) electrons. The number of carbonyl (C=O) groups is 1. The lowest BCUT2D eigenvalue weighted by atomic mass is 10.1. The molecule has 1 atom stereocenters. The molecule has 0 saturated carbocycles. The quantitative estimate of drug-likeness (QED) is 0.842. The van der Waals surface area contributed by atoms with Crippen molar-refractivity contribution in [2.24, 2.45) is 0 Å². The molecule has 0 fully saturated rings. The average molecular weight is 280 g/mol. The van der Waals surface area contributed by atoms with Crippen LogP contribution in [0.2, 0.25) is 0 Å². The van der Waals surface area contributed by atoms with Gasteiger partial charge in [-0.3, -0.25) is 4.79 Å². The SMILES string of the molecule is CC1Cc2ccccc2N1C(=O)c1ccc(N(C)C)cc1. The minimum absolute atomic E-state index is 0.0813. The molecule has 21 heavy (non-hydrogen) atoms. The fourth-order valence-corrected chi connectivity index (χ4v) is 2.92. The maximum Gasteiger partial charge on any atom is 0.258 e. The Hall–Kier alpha value is -2.29. The van der Waals surface area contributed by atoms with Gasteiger partial charge in [-0.25, -0.2) is 0 Å². The van der Waals surface area contributed by atoms with E-state index < -0.39 is 0 Å². The van der Waals surface area contributed by atoms with Gasteiger partial charge in [-0.05, 0) is 49.2 Å². The summed E-state index contributed by atoms with van der Waals surface area (Å²) in [4.78, 5) is 16.8. The van der Waals surface area contributed by atoms with Gasteiger partial charge in [0.15, 0.2) is 0 Å². The molecule has 0 saturated heterocycles. The second-order valence-electron chi connectivity index (χ2n) is 5.80. The van der Waals surface area contributed by atoms with Crippen LogP contribution in [-0.4, -0.2) is 26.0 Å². The largest absolute Gasteiger partial charge is 0.378 e. The third kappa shape index (κ3) is 2.40. The lowest BCUT2D eigenvalue weighted by molar-refractivity contribution is 0.0981. The number of rotatable bonds is 2. The standard InChI is InChI=1S/C18H20N2O/c1-13-12-15-6-4-5-7-17(15)20(13)18(21)14-8-10-16(11-9-14)19(2)3/h4-11,13H,12H2,1-3H3. The van der Waals surface area contributed by atoms with E-state index in [0.717, 1.165) is 23.4 Å². The van der Waals surface area contributed by atoms with E-state index in [-0.39, 0.29) is 11.9 Å². The van der Waals surface area contributed by atoms with Gasteiger partial charge in [0.25, 0.3) is 5.91 Å². The molecule has 0 aliphatic carbocycles. The number of nitrogens with zero attached hydrogens (tertiary/aromatic N) is 2. The van der Waals surface area contributed by atoms with Crippen LogP contribution >= 0.6 is 0 Å². The Morgan fingerprint density at radius 1 is 1.10 bits per heavy atom. The second-order valence-corrected chi connectivity index (χ2v) is 5.80. The van der Waals surface area contributed by atoms with E-state index in [1.807, 2.05) is 66.4 Å². The smallest absolute Gasteiger partial charge is 0.258 e. The molecule has 3 nitrogen and oxygen atoms in total. The molecule has 3 rings (SSSR count). The molecule has 1 unspecified atom stereocenters. The molecule has 0 N–H and O–H groups in total. The van der Waals surface area contributed by atoms with Gasteiger partial charge >= 0.3 is 0 Å². The minimum Gasteiger partial charge on any atom is -0.378 e. The first-order chi connectivity index (χ1) is 10.1. The molecule has 3 heteroatoms. The molecule has 108 valence electrons. The van der Waals surface area contributed by atoms with Gasteiger partial charge in [-0.1, -0.05) is 18.2 Å². The molecule has 1 amide bonds. The summed E-state index contributed by atoms with van der Waals surface area (Å²) in [7, 11) is 3.99. The lowest BCUT2D eigenvalue weighted by Crippen LogP contribution is -2.35. The molecule has 1 aliphatic heterocycles. The zero-order chi connectivity index (χ0) is 15.0. The first-order valence-corrected chi connectivity index (χ1v) is 7.27. The molecule has 1 aliphatic rings. The highest BCUT2D eigenvalue weighted by Gasteiger charge is 2.31. The summed E-state index contributed by atoms with van der Waals surface area (Å²) in [6, 6.07) is 16.2. The maximum absolute atomic E-state index is 12.8. The van der Waals surface area contributed by atoms with Gasteiger partial charge in [-0.15, -0.1) is 0 Å². The van der Waals surface area contributed by atoms with Crippen molar-refractivity contribution in [2.75, 3.05) is 23.9 Å². The van der Waals surface area contributed by atoms with Gasteiger partial charge in [0.2, 0.25) is 0 Å². The van der Waals surface area contributed by atoms with Crippen LogP contribution in [0, 0.1) is 0 Å². The van der Waals surface area contributed by atoms with Gasteiger partial charge in [0, 0.05) is 37.1 Å². The number of benzene rings is 2. The van der Waals surface area contributed by atoms with Crippen molar-refractivity contribution in [3.8, 4) is 0 Å². The highest BCUT2D eigenvalue weighted by Crippen LogP contribution is 2.33. The predicted octanol–water partition coefficient (Wildman–Crippen LogP) is 3.34. The Morgan fingerprint density at radius 2 is 1.76 bits per heavy atom. The fraction of sp³-hybridized carbons (Fsp3) is 0.278. The Labute approximate surface area is 125 Å². The van der Waals surface area contributed by atoms with Crippen LogP contribution in [0.4, 0.5) is 11.4 Å². The third-order valence-electron chi connectivity index (χ3n) is 4.06. The molecular weight excluding hydrogens is 260 g/mol. The summed E-state index contributed by atoms with van der Waals surface area (Å²) in [5.41, 5.74) is 4.14. The van der Waals surface area contributed by atoms with Crippen LogP contribution in [0.5, 0.6) is 0 Å². The average Bonchev–Trinajstić information content (AvgIpc) is 2.82. The van der Waals surface area contributed by atoms with E-state index in [9.17, 15) is 4.79 Å². The van der Waals surface area contributed by atoms with Crippen LogP contribution in [0.3, 0.4) is 0 Å². The molecule has 2 aromatic rings. The predicted molar refractivity (Wildman–Crippen MR) is 87.2 cm³/mol. The first kappa shape index (κ1) is 13.7. The van der Waals surface area contributed by atoms with Crippen molar-refractivity contribution >= 4 is 17.3 Å². The van der Waals surface area contributed by atoms with Crippen molar-refractivity contribution in [3.63, 3.8) is 0 Å². The van der Waals surface area contributed by atoms with Gasteiger partial charge < -0.3 is 9.80 Å². The number of amides is 1. The summed E-state index contributed by atoms with van der Waals surface area (Å²) >= 11 is 0. The number of para-hydroxylation sites is 1. The molecule has 0 aromatic heterocycles. The van der Waals surface area contributed by atoms with Crippen LogP contribution in [0.25, 0.3) is 0 Å². The summed E-state index contributed by atoms with van der Waals surface area (Å²) in [6.45, 7) is 2.10. The molecule has 0 bridgehead atoms. The topological polar surface area (TPSA) is 23.6 Å². The van der Waals surface area contributed by atoms with Crippen LogP contribution in [-0.2, 0) is 6.42 Å². The van der Waals surface area contributed by atoms with E-state index >= 15 is 0 Å². The Kier molecular flexibility index (Phi) is 3.42. The molecule has 1 heterocycles. The van der Waals surface area contributed by atoms with Crippen LogP contribution in [0.1, 0.15) is 22.8 Å². The second kappa shape index (κ2) is 5.24. The number of hydrogen-bond acceptors (Lipinski definition) is 2. The zero-order valence-corrected chi connectivity index (χ0v) is 12.7. The van der Waals surface area contributed by atoms with Crippen molar-refractivity contribution in [3.05, 3.63) is 59.7 Å². The third-order valence-corrected chi connectivity index (χ3v) is 4.06.